The monoisotopic (exact) mass is 1340 g/mol. The van der Waals surface area contributed by atoms with Gasteiger partial charge in [-0.3, -0.25) is 37.3 Å². The Morgan fingerprint density at radius 2 is 0.527 bits per heavy atom. The summed E-state index contributed by atoms with van der Waals surface area (Å²) < 4.78 is 68.1. The normalized spacial score (nSPS) is 14.3. The molecule has 0 aliphatic rings. The van der Waals surface area contributed by atoms with Crippen LogP contribution < -0.4 is 0 Å². The standard InChI is InChI=1S/C72H140O17P2/c1-6-10-13-16-18-20-22-23-24-25-26-27-28-29-30-31-33-39-43-48-53-58-72(77)89-68(62-83-70(75)56-51-46-41-37-35-34-36-40-45-49-54-65(5)9-4)64-87-91(80,81)85-60-66(73)59-84-90(78,79)86-63-67(61-82-69(74)55-50-44-15-12-8-3)88-71(76)57-52-47-42-38-32-21-19-17-14-11-7-2/h65-68,73H,6-64H2,1-5H3,(H,78,79)(H,80,81)/t65?,66-,67+,68+/m0/s1. The van der Waals surface area contributed by atoms with Crippen molar-refractivity contribution in [2.45, 2.75) is 393 Å². The zero-order chi connectivity index (χ0) is 67.0. The number of carbonyl (C=O) groups excluding carboxylic acids is 4. The molecule has 0 radical (unpaired) electrons. The molecule has 0 fully saturated rings. The van der Waals surface area contributed by atoms with Crippen molar-refractivity contribution in [3.63, 3.8) is 0 Å². The minimum absolute atomic E-state index is 0.106. The van der Waals surface area contributed by atoms with Crippen LogP contribution in [0.15, 0.2) is 0 Å². The van der Waals surface area contributed by atoms with Crippen molar-refractivity contribution >= 4 is 39.5 Å². The molecule has 0 aliphatic carbocycles. The first-order valence-electron chi connectivity index (χ1n) is 37.7. The lowest BCUT2D eigenvalue weighted by Crippen LogP contribution is -2.30. The number of hydrogen-bond acceptors (Lipinski definition) is 15. The van der Waals surface area contributed by atoms with E-state index in [4.69, 9.17) is 37.0 Å². The summed E-state index contributed by atoms with van der Waals surface area (Å²) in [5, 5.41) is 10.6. The van der Waals surface area contributed by atoms with E-state index in [1.807, 2.05) is 0 Å². The average Bonchev–Trinajstić information content (AvgIpc) is 3.70. The fourth-order valence-corrected chi connectivity index (χ4v) is 12.5. The largest absolute Gasteiger partial charge is 0.472 e. The van der Waals surface area contributed by atoms with Gasteiger partial charge in [0.05, 0.1) is 26.4 Å². The molecule has 0 aromatic rings. The maximum Gasteiger partial charge on any atom is 0.472 e. The third kappa shape index (κ3) is 65.1. The number of phosphoric ester groups is 2. The molecular formula is C72H140O17P2. The van der Waals surface area contributed by atoms with Crippen LogP contribution >= 0.6 is 15.6 Å². The summed E-state index contributed by atoms with van der Waals surface area (Å²) >= 11 is 0. The molecule has 91 heavy (non-hydrogen) atoms. The van der Waals surface area contributed by atoms with Crippen molar-refractivity contribution in [3.05, 3.63) is 0 Å². The fourth-order valence-electron chi connectivity index (χ4n) is 11.0. The average molecular weight is 1340 g/mol. The topological polar surface area (TPSA) is 237 Å². The van der Waals surface area contributed by atoms with Crippen LogP contribution in [-0.2, 0) is 65.4 Å². The van der Waals surface area contributed by atoms with Gasteiger partial charge in [0.2, 0.25) is 0 Å². The minimum atomic E-state index is -4.95. The summed E-state index contributed by atoms with van der Waals surface area (Å²) in [6.45, 7) is 7.19. The molecule has 0 aliphatic heterocycles. The van der Waals surface area contributed by atoms with Crippen molar-refractivity contribution < 1.29 is 80.2 Å². The van der Waals surface area contributed by atoms with Crippen LogP contribution in [0.25, 0.3) is 0 Å². The van der Waals surface area contributed by atoms with Gasteiger partial charge in [0, 0.05) is 25.7 Å². The van der Waals surface area contributed by atoms with Crippen molar-refractivity contribution in [2.75, 3.05) is 39.6 Å². The van der Waals surface area contributed by atoms with E-state index in [2.05, 4.69) is 34.6 Å². The molecule has 3 N–H and O–H groups in total. The zero-order valence-corrected chi connectivity index (χ0v) is 60.8. The van der Waals surface area contributed by atoms with E-state index >= 15 is 0 Å². The van der Waals surface area contributed by atoms with Crippen LogP contribution in [-0.4, -0.2) is 96.7 Å². The summed E-state index contributed by atoms with van der Waals surface area (Å²) in [7, 11) is -9.89. The number of phosphoric acid groups is 2. The first-order chi connectivity index (χ1) is 44.1. The van der Waals surface area contributed by atoms with E-state index in [1.54, 1.807) is 0 Å². The third-order valence-electron chi connectivity index (χ3n) is 17.1. The van der Waals surface area contributed by atoms with Gasteiger partial charge in [0.1, 0.15) is 19.3 Å². The zero-order valence-electron chi connectivity index (χ0n) is 59.0. The quantitative estimate of drug-likeness (QED) is 0.0222. The van der Waals surface area contributed by atoms with E-state index in [1.165, 1.54) is 193 Å². The van der Waals surface area contributed by atoms with Crippen LogP contribution in [0.5, 0.6) is 0 Å². The van der Waals surface area contributed by atoms with Gasteiger partial charge in [-0.15, -0.1) is 0 Å². The van der Waals surface area contributed by atoms with Crippen LogP contribution in [0, 0.1) is 5.92 Å². The molecule has 0 heterocycles. The van der Waals surface area contributed by atoms with E-state index in [0.717, 1.165) is 102 Å². The Kier molecular flexibility index (Phi) is 64.0. The summed E-state index contributed by atoms with van der Waals surface area (Å²) in [5.74, 6) is -1.32. The van der Waals surface area contributed by atoms with Gasteiger partial charge in [-0.1, -0.05) is 324 Å². The Bertz CT molecular complexity index is 1760. The summed E-state index contributed by atoms with van der Waals surface area (Å²) in [4.78, 5) is 72.3. The Morgan fingerprint density at radius 1 is 0.308 bits per heavy atom. The predicted octanol–water partition coefficient (Wildman–Crippen LogP) is 20.9. The van der Waals surface area contributed by atoms with Crippen molar-refractivity contribution in [2.24, 2.45) is 5.92 Å². The fraction of sp³-hybridized carbons (Fsp3) is 0.944. The number of aliphatic hydroxyl groups is 1. The van der Waals surface area contributed by atoms with Crippen molar-refractivity contribution in [1.82, 2.24) is 0 Å². The second-order valence-electron chi connectivity index (χ2n) is 26.2. The summed E-state index contributed by atoms with van der Waals surface area (Å²) in [5.41, 5.74) is 0. The minimum Gasteiger partial charge on any atom is -0.462 e. The number of hydrogen-bond donors (Lipinski definition) is 3. The molecule has 0 bridgehead atoms. The van der Waals surface area contributed by atoms with Crippen LogP contribution in [0.2, 0.25) is 0 Å². The predicted molar refractivity (Wildman–Crippen MR) is 368 cm³/mol. The Hall–Kier alpha value is -1.94. The maximum absolute atomic E-state index is 13.0. The number of carbonyl (C=O) groups is 4. The summed E-state index contributed by atoms with van der Waals surface area (Å²) in [6, 6.07) is 0. The molecule has 19 heteroatoms. The number of esters is 4. The van der Waals surface area contributed by atoms with Gasteiger partial charge < -0.3 is 33.8 Å². The molecule has 0 saturated heterocycles. The third-order valence-corrected chi connectivity index (χ3v) is 19.0. The van der Waals surface area contributed by atoms with Gasteiger partial charge >= 0.3 is 39.5 Å². The molecular weight excluding hydrogens is 1200 g/mol. The van der Waals surface area contributed by atoms with Crippen LogP contribution in [0.1, 0.15) is 375 Å². The maximum atomic E-state index is 13.0. The first kappa shape index (κ1) is 89.1. The van der Waals surface area contributed by atoms with Crippen LogP contribution in [0.3, 0.4) is 0 Å². The highest BCUT2D eigenvalue weighted by Crippen LogP contribution is 2.45. The number of unbranched alkanes of at least 4 members (excludes halogenated alkanes) is 43. The Balaban J connectivity index is 5.12. The van der Waals surface area contributed by atoms with E-state index in [-0.39, 0.29) is 25.7 Å². The first-order valence-corrected chi connectivity index (χ1v) is 40.7. The molecule has 540 valence electrons. The van der Waals surface area contributed by atoms with E-state index < -0.39 is 97.5 Å². The smallest absolute Gasteiger partial charge is 0.462 e. The molecule has 0 aromatic carbocycles. The highest BCUT2D eigenvalue weighted by molar-refractivity contribution is 7.47. The molecule has 17 nitrogen and oxygen atoms in total. The van der Waals surface area contributed by atoms with E-state index in [0.29, 0.717) is 25.7 Å². The second-order valence-corrected chi connectivity index (χ2v) is 29.1. The van der Waals surface area contributed by atoms with Gasteiger partial charge in [0.15, 0.2) is 12.2 Å². The highest BCUT2D eigenvalue weighted by atomic mass is 31.2. The SMILES string of the molecule is CCCCCCCCCCCCCCCCCCCCCCCC(=O)O[C@H](COC(=O)CCCCCCCCCCCCC(C)CC)COP(=O)(O)OC[C@@H](O)COP(=O)(O)OC[C@@H](COC(=O)CCCCCCC)OC(=O)CCCCCCCCCCCCC. The Labute approximate surface area is 556 Å². The van der Waals surface area contributed by atoms with Crippen molar-refractivity contribution in [3.8, 4) is 0 Å². The van der Waals surface area contributed by atoms with Crippen molar-refractivity contribution in [1.29, 1.82) is 0 Å². The highest BCUT2D eigenvalue weighted by Gasteiger charge is 2.30. The molecule has 0 saturated carbocycles. The molecule has 0 aromatic heterocycles. The lowest BCUT2D eigenvalue weighted by atomic mass is 9.99. The van der Waals surface area contributed by atoms with Gasteiger partial charge in [0.25, 0.3) is 0 Å². The van der Waals surface area contributed by atoms with Gasteiger partial charge in [-0.05, 0) is 31.6 Å². The van der Waals surface area contributed by atoms with Crippen LogP contribution in [0.4, 0.5) is 0 Å². The lowest BCUT2D eigenvalue weighted by molar-refractivity contribution is -0.161. The molecule has 6 atom stereocenters. The lowest BCUT2D eigenvalue weighted by Gasteiger charge is -2.21. The number of aliphatic hydroxyl groups excluding tert-OH is 1. The molecule has 0 rings (SSSR count). The second kappa shape index (κ2) is 65.4. The molecule has 0 amide bonds. The van der Waals surface area contributed by atoms with Gasteiger partial charge in [-0.25, -0.2) is 9.13 Å². The molecule has 3 unspecified atom stereocenters. The van der Waals surface area contributed by atoms with Gasteiger partial charge in [-0.2, -0.15) is 0 Å². The molecule has 0 spiro atoms. The number of ether oxygens (including phenoxy) is 4. The number of rotatable bonds is 72. The summed E-state index contributed by atoms with van der Waals surface area (Å²) in [6.07, 6.45) is 53.2. The van der Waals surface area contributed by atoms with E-state index in [9.17, 15) is 43.2 Å². The Morgan fingerprint density at radius 3 is 0.780 bits per heavy atom.